The van der Waals surface area contributed by atoms with Crippen LogP contribution in [0, 0.1) is 0 Å². The summed E-state index contributed by atoms with van der Waals surface area (Å²) in [5, 5.41) is 0. The highest BCUT2D eigenvalue weighted by Crippen LogP contribution is 1.99. The minimum absolute atomic E-state index is 0.0867. The predicted molar refractivity (Wildman–Crippen MR) is 77.9 cm³/mol. The molecule has 4 heteroatoms. The number of carbonyl (C=O) groups excluding carboxylic acids is 1. The highest BCUT2D eigenvalue weighted by molar-refractivity contribution is 5.71. The molecule has 0 aromatic heterocycles. The van der Waals surface area contributed by atoms with Gasteiger partial charge in [-0.05, 0) is 13.5 Å². The molecule has 0 unspecified atom stereocenters. The Kier molecular flexibility index (Phi) is 15.8. The average molecular weight is 260 g/mol. The van der Waals surface area contributed by atoms with Gasteiger partial charge in [0.25, 0.3) is 0 Å². The minimum Gasteiger partial charge on any atom is -0.465 e. The summed E-state index contributed by atoms with van der Waals surface area (Å²) < 4.78 is 5.03. The van der Waals surface area contributed by atoms with Crippen LogP contribution in [0.4, 0.5) is 0 Å². The first-order valence-electron chi connectivity index (χ1n) is 7.29. The summed E-state index contributed by atoms with van der Waals surface area (Å²) in [5.41, 5.74) is 0. The third-order valence-corrected chi connectivity index (χ3v) is 2.42. The van der Waals surface area contributed by atoms with Crippen LogP contribution in [0.15, 0.2) is 0 Å². The first-order valence-corrected chi connectivity index (χ1v) is 7.29. The standard InChI is InChI=1S/C10H20N2O2.2C2H6/c1-3-8-14-10(13)9-12-6-4-11(2)5-7-12;2*1-2/h3-9H2,1-2H3;2*1-2H3. The smallest absolute Gasteiger partial charge is 0.320 e. The third-order valence-electron chi connectivity index (χ3n) is 2.42. The number of rotatable bonds is 4. The lowest BCUT2D eigenvalue weighted by molar-refractivity contribution is -0.145. The van der Waals surface area contributed by atoms with Crippen molar-refractivity contribution in [3.8, 4) is 0 Å². The van der Waals surface area contributed by atoms with Crippen LogP contribution in [0.25, 0.3) is 0 Å². The fraction of sp³-hybridized carbons (Fsp3) is 0.929. The number of ether oxygens (including phenoxy) is 1. The molecule has 18 heavy (non-hydrogen) atoms. The zero-order valence-electron chi connectivity index (χ0n) is 13.2. The van der Waals surface area contributed by atoms with Crippen LogP contribution in [-0.4, -0.2) is 62.1 Å². The van der Waals surface area contributed by atoms with Crippen LogP contribution in [0.2, 0.25) is 0 Å². The molecule has 0 radical (unpaired) electrons. The molecule has 1 aliphatic heterocycles. The molecule has 0 atom stereocenters. The molecule has 0 aromatic rings. The number of esters is 1. The molecule has 0 spiro atoms. The lowest BCUT2D eigenvalue weighted by Crippen LogP contribution is -2.46. The fourth-order valence-corrected chi connectivity index (χ4v) is 1.45. The average Bonchev–Trinajstić information content (AvgIpc) is 2.43. The van der Waals surface area contributed by atoms with E-state index in [1.807, 2.05) is 34.6 Å². The third kappa shape index (κ3) is 10.5. The Morgan fingerprint density at radius 3 is 2.00 bits per heavy atom. The van der Waals surface area contributed by atoms with Crippen molar-refractivity contribution in [2.75, 3.05) is 46.4 Å². The van der Waals surface area contributed by atoms with E-state index in [0.29, 0.717) is 13.2 Å². The number of hydrogen-bond acceptors (Lipinski definition) is 4. The van der Waals surface area contributed by atoms with Crippen molar-refractivity contribution in [2.24, 2.45) is 0 Å². The Morgan fingerprint density at radius 2 is 1.56 bits per heavy atom. The van der Waals surface area contributed by atoms with Gasteiger partial charge in [0.2, 0.25) is 0 Å². The zero-order chi connectivity index (χ0) is 14.4. The van der Waals surface area contributed by atoms with Gasteiger partial charge in [-0.25, -0.2) is 0 Å². The number of hydrogen-bond donors (Lipinski definition) is 0. The van der Waals surface area contributed by atoms with Crippen molar-refractivity contribution < 1.29 is 9.53 Å². The molecule has 0 saturated carbocycles. The van der Waals surface area contributed by atoms with Gasteiger partial charge in [0.15, 0.2) is 0 Å². The van der Waals surface area contributed by atoms with E-state index < -0.39 is 0 Å². The van der Waals surface area contributed by atoms with E-state index in [0.717, 1.165) is 32.6 Å². The summed E-state index contributed by atoms with van der Waals surface area (Å²) in [6.45, 7) is 15.0. The summed E-state index contributed by atoms with van der Waals surface area (Å²) in [4.78, 5) is 15.7. The number of nitrogens with zero attached hydrogens (tertiary/aromatic N) is 2. The molecule has 1 rings (SSSR count). The highest BCUT2D eigenvalue weighted by atomic mass is 16.5. The summed E-state index contributed by atoms with van der Waals surface area (Å²) in [6, 6.07) is 0. The van der Waals surface area contributed by atoms with Gasteiger partial charge >= 0.3 is 5.97 Å². The zero-order valence-corrected chi connectivity index (χ0v) is 13.2. The topological polar surface area (TPSA) is 32.8 Å². The maximum atomic E-state index is 11.3. The van der Waals surface area contributed by atoms with Crippen molar-refractivity contribution in [3.63, 3.8) is 0 Å². The van der Waals surface area contributed by atoms with Gasteiger partial charge in [-0.2, -0.15) is 0 Å². The van der Waals surface area contributed by atoms with Gasteiger partial charge < -0.3 is 9.64 Å². The van der Waals surface area contributed by atoms with Gasteiger partial charge in [-0.3, -0.25) is 9.69 Å². The Bertz CT molecular complexity index is 179. The van der Waals surface area contributed by atoms with E-state index in [1.165, 1.54) is 0 Å². The van der Waals surface area contributed by atoms with Gasteiger partial charge in [0.1, 0.15) is 0 Å². The van der Waals surface area contributed by atoms with E-state index in [-0.39, 0.29) is 5.97 Å². The first kappa shape index (κ1) is 19.7. The normalized spacial score (nSPS) is 15.9. The lowest BCUT2D eigenvalue weighted by Gasteiger charge is -2.31. The Labute approximate surface area is 113 Å². The number of likely N-dealkylation sites (N-methyl/N-ethyl adjacent to an activating group) is 1. The summed E-state index contributed by atoms with van der Waals surface area (Å²) in [5.74, 6) is -0.0867. The predicted octanol–water partition coefficient (Wildman–Crippen LogP) is 2.24. The van der Waals surface area contributed by atoms with Crippen molar-refractivity contribution in [3.05, 3.63) is 0 Å². The second-order valence-electron chi connectivity index (χ2n) is 3.80. The second-order valence-corrected chi connectivity index (χ2v) is 3.80. The van der Waals surface area contributed by atoms with Crippen LogP contribution in [0.3, 0.4) is 0 Å². The maximum Gasteiger partial charge on any atom is 0.320 e. The van der Waals surface area contributed by atoms with E-state index >= 15 is 0 Å². The van der Waals surface area contributed by atoms with Gasteiger partial charge in [-0.15, -0.1) is 0 Å². The van der Waals surface area contributed by atoms with E-state index in [4.69, 9.17) is 4.74 Å². The summed E-state index contributed by atoms with van der Waals surface area (Å²) >= 11 is 0. The number of carbonyl (C=O) groups is 1. The second kappa shape index (κ2) is 14.5. The van der Waals surface area contributed by atoms with Crippen molar-refractivity contribution >= 4 is 5.97 Å². The molecule has 0 aromatic carbocycles. The van der Waals surface area contributed by atoms with E-state index in [2.05, 4.69) is 16.8 Å². The molecule has 0 N–H and O–H groups in total. The molecule has 0 amide bonds. The molecule has 1 saturated heterocycles. The van der Waals surface area contributed by atoms with Gasteiger partial charge in [0.05, 0.1) is 13.2 Å². The van der Waals surface area contributed by atoms with Crippen molar-refractivity contribution in [1.82, 2.24) is 9.80 Å². The molecule has 0 bridgehead atoms. The molecule has 1 heterocycles. The SMILES string of the molecule is CC.CC.CCCOC(=O)CN1CCN(C)CC1. The van der Waals surface area contributed by atoms with E-state index in [9.17, 15) is 4.79 Å². The van der Waals surface area contributed by atoms with Crippen molar-refractivity contribution in [1.29, 1.82) is 0 Å². The van der Waals surface area contributed by atoms with Crippen LogP contribution in [0.5, 0.6) is 0 Å². The largest absolute Gasteiger partial charge is 0.465 e. The van der Waals surface area contributed by atoms with E-state index in [1.54, 1.807) is 0 Å². The Balaban J connectivity index is 0. The van der Waals surface area contributed by atoms with Crippen LogP contribution >= 0.6 is 0 Å². The van der Waals surface area contributed by atoms with Crippen LogP contribution in [-0.2, 0) is 9.53 Å². The van der Waals surface area contributed by atoms with Gasteiger partial charge in [-0.1, -0.05) is 34.6 Å². The van der Waals surface area contributed by atoms with Crippen LogP contribution in [0.1, 0.15) is 41.0 Å². The van der Waals surface area contributed by atoms with Gasteiger partial charge in [0, 0.05) is 26.2 Å². The molecule has 110 valence electrons. The minimum atomic E-state index is -0.0867. The monoisotopic (exact) mass is 260 g/mol. The maximum absolute atomic E-state index is 11.3. The Morgan fingerprint density at radius 1 is 1.06 bits per heavy atom. The lowest BCUT2D eigenvalue weighted by atomic mass is 10.3. The van der Waals surface area contributed by atoms with Crippen LogP contribution < -0.4 is 0 Å². The molecule has 4 nitrogen and oxygen atoms in total. The molecular weight excluding hydrogens is 228 g/mol. The molecular formula is C14H32N2O2. The van der Waals surface area contributed by atoms with Crippen molar-refractivity contribution in [2.45, 2.75) is 41.0 Å². The fourth-order valence-electron chi connectivity index (χ4n) is 1.45. The quantitative estimate of drug-likeness (QED) is 0.726. The first-order chi connectivity index (χ1) is 8.72. The molecule has 1 aliphatic rings. The molecule has 0 aliphatic carbocycles. The highest BCUT2D eigenvalue weighted by Gasteiger charge is 2.16. The summed E-state index contributed by atoms with van der Waals surface area (Å²) in [6.07, 6.45) is 0.897. The Hall–Kier alpha value is -0.610. The molecule has 1 fully saturated rings. The summed E-state index contributed by atoms with van der Waals surface area (Å²) in [7, 11) is 2.10. The number of piperazine rings is 1.